The molecule has 2 heterocycles. The molecule has 1 aliphatic rings. The van der Waals surface area contributed by atoms with Crippen LogP contribution in [0.15, 0.2) is 42.6 Å². The molecule has 1 N–H and O–H groups in total. The van der Waals surface area contributed by atoms with Crippen molar-refractivity contribution in [1.82, 2.24) is 4.98 Å². The van der Waals surface area contributed by atoms with Gasteiger partial charge in [0.05, 0.1) is 11.7 Å². The summed E-state index contributed by atoms with van der Waals surface area (Å²) < 4.78 is 11.4. The molecule has 5 heteroatoms. The summed E-state index contributed by atoms with van der Waals surface area (Å²) in [6, 6.07) is 13.6. The van der Waals surface area contributed by atoms with E-state index in [1.807, 2.05) is 24.3 Å². The molecule has 1 aromatic carbocycles. The van der Waals surface area contributed by atoms with Gasteiger partial charge in [-0.25, -0.2) is 4.98 Å². The van der Waals surface area contributed by atoms with Gasteiger partial charge in [0.1, 0.15) is 24.2 Å². The Hall–Kier alpha value is -2.58. The molecular formula is C18H19N3O2. The first-order valence-electron chi connectivity index (χ1n) is 7.77. The van der Waals surface area contributed by atoms with Crippen LogP contribution in [0.3, 0.4) is 0 Å². The fourth-order valence-electron chi connectivity index (χ4n) is 2.47. The third-order valence-electron chi connectivity index (χ3n) is 3.72. The molecule has 1 atom stereocenters. The summed E-state index contributed by atoms with van der Waals surface area (Å²) in [5, 5.41) is 12.0. The molecule has 5 nitrogen and oxygen atoms in total. The minimum Gasteiger partial charge on any atom is -0.491 e. The van der Waals surface area contributed by atoms with E-state index >= 15 is 0 Å². The number of anilines is 1. The number of benzene rings is 1. The Morgan fingerprint density at radius 1 is 1.35 bits per heavy atom. The number of nitrogens with zero attached hydrogens (tertiary/aromatic N) is 2. The van der Waals surface area contributed by atoms with Gasteiger partial charge in [0, 0.05) is 19.3 Å². The number of hydrogen-bond donors (Lipinski definition) is 1. The predicted octanol–water partition coefficient (Wildman–Crippen LogP) is 3.12. The maximum Gasteiger partial charge on any atom is 0.126 e. The molecule has 1 saturated heterocycles. The van der Waals surface area contributed by atoms with Crippen LogP contribution < -0.4 is 10.1 Å². The smallest absolute Gasteiger partial charge is 0.126 e. The molecule has 23 heavy (non-hydrogen) atoms. The zero-order valence-electron chi connectivity index (χ0n) is 12.9. The summed E-state index contributed by atoms with van der Waals surface area (Å²) in [6.07, 6.45) is 3.98. The molecule has 1 aromatic heterocycles. The molecule has 118 valence electrons. The van der Waals surface area contributed by atoms with Gasteiger partial charge in [0.2, 0.25) is 0 Å². The van der Waals surface area contributed by atoms with Crippen molar-refractivity contribution in [2.75, 3.05) is 18.5 Å². The lowest BCUT2D eigenvalue weighted by Gasteiger charge is -2.12. The molecule has 0 unspecified atom stereocenters. The van der Waals surface area contributed by atoms with Crippen LogP contribution in [0.1, 0.15) is 24.0 Å². The topological polar surface area (TPSA) is 67.2 Å². The average Bonchev–Trinajstić information content (AvgIpc) is 3.12. The second-order valence-corrected chi connectivity index (χ2v) is 5.49. The number of ether oxygens (including phenoxy) is 2. The van der Waals surface area contributed by atoms with E-state index in [9.17, 15) is 0 Å². The van der Waals surface area contributed by atoms with E-state index in [0.29, 0.717) is 18.7 Å². The Morgan fingerprint density at radius 2 is 2.30 bits per heavy atom. The minimum atomic E-state index is 0.222. The van der Waals surface area contributed by atoms with Crippen LogP contribution in [-0.4, -0.2) is 24.3 Å². The van der Waals surface area contributed by atoms with Crippen molar-refractivity contribution in [2.45, 2.75) is 25.5 Å². The monoisotopic (exact) mass is 309 g/mol. The Balaban J connectivity index is 1.53. The molecule has 0 spiro atoms. The van der Waals surface area contributed by atoms with Gasteiger partial charge in [0.25, 0.3) is 0 Å². The second kappa shape index (κ2) is 7.61. The van der Waals surface area contributed by atoms with Gasteiger partial charge in [-0.1, -0.05) is 12.1 Å². The largest absolute Gasteiger partial charge is 0.491 e. The maximum absolute atomic E-state index is 8.76. The van der Waals surface area contributed by atoms with E-state index in [1.165, 1.54) is 0 Å². The first-order chi connectivity index (χ1) is 11.3. The lowest BCUT2D eigenvalue weighted by atomic mass is 10.2. The molecule has 0 amide bonds. The maximum atomic E-state index is 8.76. The van der Waals surface area contributed by atoms with Crippen molar-refractivity contribution in [1.29, 1.82) is 5.26 Å². The van der Waals surface area contributed by atoms with Crippen molar-refractivity contribution in [3.05, 3.63) is 53.7 Å². The first kappa shape index (κ1) is 15.3. The van der Waals surface area contributed by atoms with Gasteiger partial charge in [0.15, 0.2) is 0 Å². The van der Waals surface area contributed by atoms with E-state index in [2.05, 4.69) is 16.4 Å². The summed E-state index contributed by atoms with van der Waals surface area (Å²) in [4.78, 5) is 4.19. The number of hydrogen-bond acceptors (Lipinski definition) is 5. The summed E-state index contributed by atoms with van der Waals surface area (Å²) in [5.41, 5.74) is 1.67. The van der Waals surface area contributed by atoms with Gasteiger partial charge >= 0.3 is 0 Å². The number of aromatic nitrogens is 1. The molecule has 2 aromatic rings. The second-order valence-electron chi connectivity index (χ2n) is 5.49. The quantitative estimate of drug-likeness (QED) is 0.888. The minimum absolute atomic E-state index is 0.222. The molecule has 0 radical (unpaired) electrons. The number of nitriles is 1. The third kappa shape index (κ3) is 4.44. The average molecular weight is 309 g/mol. The zero-order valence-corrected chi connectivity index (χ0v) is 12.9. The third-order valence-corrected chi connectivity index (χ3v) is 3.72. The Kier molecular flexibility index (Phi) is 5.07. The van der Waals surface area contributed by atoms with E-state index in [4.69, 9.17) is 14.7 Å². The highest BCUT2D eigenvalue weighted by molar-refractivity contribution is 5.40. The van der Waals surface area contributed by atoms with Gasteiger partial charge in [-0.05, 0) is 42.7 Å². The Bertz CT molecular complexity index is 673. The van der Waals surface area contributed by atoms with Crippen molar-refractivity contribution >= 4 is 5.82 Å². The molecule has 3 rings (SSSR count). The fraction of sp³-hybridized carbons (Fsp3) is 0.333. The lowest BCUT2D eigenvalue weighted by molar-refractivity contribution is 0.0679. The van der Waals surface area contributed by atoms with E-state index < -0.39 is 0 Å². The highest BCUT2D eigenvalue weighted by Gasteiger charge is 2.15. The predicted molar refractivity (Wildman–Crippen MR) is 87.2 cm³/mol. The SMILES string of the molecule is N#Cc1ccc(NCc2cccc(OC[C@H]3CCCO3)c2)nc1. The summed E-state index contributed by atoms with van der Waals surface area (Å²) in [7, 11) is 0. The van der Waals surface area contributed by atoms with E-state index in [-0.39, 0.29) is 6.10 Å². The lowest BCUT2D eigenvalue weighted by Crippen LogP contribution is -2.16. The van der Waals surface area contributed by atoms with Gasteiger partial charge in [-0.3, -0.25) is 0 Å². The number of rotatable bonds is 6. The van der Waals surface area contributed by atoms with Crippen molar-refractivity contribution in [2.24, 2.45) is 0 Å². The van der Waals surface area contributed by atoms with Crippen molar-refractivity contribution in [3.8, 4) is 11.8 Å². The van der Waals surface area contributed by atoms with Crippen LogP contribution >= 0.6 is 0 Å². The molecule has 1 aliphatic heterocycles. The van der Waals surface area contributed by atoms with Crippen LogP contribution in [-0.2, 0) is 11.3 Å². The van der Waals surface area contributed by atoms with Crippen LogP contribution in [0.4, 0.5) is 5.82 Å². The summed E-state index contributed by atoms with van der Waals surface area (Å²) >= 11 is 0. The Labute approximate surface area is 135 Å². The first-order valence-corrected chi connectivity index (χ1v) is 7.77. The summed E-state index contributed by atoms with van der Waals surface area (Å²) in [6.45, 7) is 2.10. The van der Waals surface area contributed by atoms with E-state index in [0.717, 1.165) is 36.6 Å². The van der Waals surface area contributed by atoms with Crippen molar-refractivity contribution in [3.63, 3.8) is 0 Å². The number of pyridine rings is 1. The molecular weight excluding hydrogens is 290 g/mol. The normalized spacial score (nSPS) is 16.7. The molecule has 0 saturated carbocycles. The van der Waals surface area contributed by atoms with Crippen molar-refractivity contribution < 1.29 is 9.47 Å². The fourth-order valence-corrected chi connectivity index (χ4v) is 2.47. The van der Waals surface area contributed by atoms with Gasteiger partial charge in [-0.2, -0.15) is 5.26 Å². The van der Waals surface area contributed by atoms with Gasteiger partial charge in [-0.15, -0.1) is 0 Å². The van der Waals surface area contributed by atoms with E-state index in [1.54, 1.807) is 18.3 Å². The molecule has 1 fully saturated rings. The Morgan fingerprint density at radius 3 is 3.04 bits per heavy atom. The zero-order chi connectivity index (χ0) is 15.9. The van der Waals surface area contributed by atoms with Crippen LogP contribution in [0.25, 0.3) is 0 Å². The standard InChI is InChI=1S/C18H19N3O2/c19-10-15-6-7-18(21-12-15)20-11-14-3-1-4-16(9-14)23-13-17-5-2-8-22-17/h1,3-4,6-7,9,12,17H,2,5,8,11,13H2,(H,20,21)/t17-/m1/s1. The highest BCUT2D eigenvalue weighted by atomic mass is 16.5. The molecule has 0 aliphatic carbocycles. The van der Waals surface area contributed by atoms with Crippen LogP contribution in [0.5, 0.6) is 5.75 Å². The van der Waals surface area contributed by atoms with Crippen LogP contribution in [0, 0.1) is 11.3 Å². The summed E-state index contributed by atoms with van der Waals surface area (Å²) in [5.74, 6) is 1.60. The number of nitrogens with one attached hydrogen (secondary N) is 1. The highest BCUT2D eigenvalue weighted by Crippen LogP contribution is 2.18. The molecule has 0 bridgehead atoms. The van der Waals surface area contributed by atoms with Gasteiger partial charge < -0.3 is 14.8 Å². The van der Waals surface area contributed by atoms with Crippen LogP contribution in [0.2, 0.25) is 0 Å².